The van der Waals surface area contributed by atoms with Gasteiger partial charge in [0.2, 0.25) is 0 Å². The molecule has 0 heterocycles. The first-order valence-electron chi connectivity index (χ1n) is 4.64. The molecule has 1 atom stereocenters. The highest BCUT2D eigenvalue weighted by atomic mass is 16.6. The Balaban J connectivity index is 4.03. The quantitative estimate of drug-likeness (QED) is 0.619. The van der Waals surface area contributed by atoms with Crippen LogP contribution in [0.15, 0.2) is 0 Å². The van der Waals surface area contributed by atoms with Gasteiger partial charge in [-0.25, -0.2) is 0 Å². The van der Waals surface area contributed by atoms with Crippen LogP contribution in [-0.4, -0.2) is 25.3 Å². The summed E-state index contributed by atoms with van der Waals surface area (Å²) in [5, 5.41) is 0. The van der Waals surface area contributed by atoms with Crippen LogP contribution in [0.25, 0.3) is 0 Å². The van der Waals surface area contributed by atoms with Gasteiger partial charge >= 0.3 is 5.97 Å². The van der Waals surface area contributed by atoms with E-state index in [1.807, 2.05) is 27.7 Å². The van der Waals surface area contributed by atoms with Crippen molar-refractivity contribution < 1.29 is 14.3 Å². The molecule has 0 saturated heterocycles. The molecule has 1 unspecified atom stereocenters. The van der Waals surface area contributed by atoms with Crippen molar-refractivity contribution in [2.45, 2.75) is 39.7 Å². The van der Waals surface area contributed by atoms with Crippen molar-refractivity contribution in [3.8, 4) is 0 Å². The number of hydrogen-bond acceptors (Lipinski definition) is 3. The number of methoxy groups -OCH3 is 1. The van der Waals surface area contributed by atoms with Crippen molar-refractivity contribution in [2.24, 2.45) is 5.92 Å². The van der Waals surface area contributed by atoms with Crippen LogP contribution in [0, 0.1) is 5.92 Å². The zero-order valence-electron chi connectivity index (χ0n) is 9.22. The van der Waals surface area contributed by atoms with E-state index in [2.05, 4.69) is 0 Å². The highest BCUT2D eigenvalue weighted by molar-refractivity contribution is 5.72. The predicted octanol–water partition coefficient (Wildman–Crippen LogP) is 2.00. The largest absolute Gasteiger partial charge is 0.457 e. The maximum atomic E-state index is 11.4. The maximum absolute atomic E-state index is 11.4. The molecule has 3 nitrogen and oxygen atoms in total. The van der Waals surface area contributed by atoms with Gasteiger partial charge < -0.3 is 9.47 Å². The normalized spacial score (nSPS) is 13.9. The first-order valence-corrected chi connectivity index (χ1v) is 4.64. The average molecular weight is 188 g/mol. The lowest BCUT2D eigenvalue weighted by molar-refractivity contribution is -0.165. The second-order valence-electron chi connectivity index (χ2n) is 3.92. The first kappa shape index (κ1) is 12.4. The average Bonchev–Trinajstić information content (AvgIpc) is 2.01. The van der Waals surface area contributed by atoms with E-state index in [9.17, 15) is 4.79 Å². The van der Waals surface area contributed by atoms with Gasteiger partial charge in [-0.15, -0.1) is 0 Å². The topological polar surface area (TPSA) is 35.5 Å². The van der Waals surface area contributed by atoms with Crippen molar-refractivity contribution in [3.63, 3.8) is 0 Å². The molecule has 0 aromatic rings. The molecule has 3 heteroatoms. The standard InChI is InChI=1S/C10H20O3/c1-6-8(2)9(11)13-10(3,4)7-12-5/h8H,6-7H2,1-5H3. The van der Waals surface area contributed by atoms with Crippen LogP contribution in [-0.2, 0) is 14.3 Å². The Labute approximate surface area is 80.4 Å². The van der Waals surface area contributed by atoms with Crippen LogP contribution in [0.4, 0.5) is 0 Å². The number of esters is 1. The Morgan fingerprint density at radius 2 is 2.00 bits per heavy atom. The van der Waals surface area contributed by atoms with Crippen LogP contribution in [0.3, 0.4) is 0 Å². The Hall–Kier alpha value is -0.570. The summed E-state index contributed by atoms with van der Waals surface area (Å²) in [6, 6.07) is 0. The molecule has 78 valence electrons. The number of carbonyl (C=O) groups excluding carboxylic acids is 1. The molecule has 0 radical (unpaired) electrons. The molecule has 0 saturated carbocycles. The minimum absolute atomic E-state index is 0.0314. The lowest BCUT2D eigenvalue weighted by Gasteiger charge is -2.25. The molecule has 0 fully saturated rings. The third kappa shape index (κ3) is 4.88. The Morgan fingerprint density at radius 1 is 1.46 bits per heavy atom. The van der Waals surface area contributed by atoms with Gasteiger partial charge in [-0.1, -0.05) is 13.8 Å². The Morgan fingerprint density at radius 3 is 2.38 bits per heavy atom. The number of ether oxygens (including phenoxy) is 2. The fourth-order valence-electron chi connectivity index (χ4n) is 0.917. The maximum Gasteiger partial charge on any atom is 0.309 e. The van der Waals surface area contributed by atoms with E-state index >= 15 is 0 Å². The summed E-state index contributed by atoms with van der Waals surface area (Å²) >= 11 is 0. The molecule has 0 rings (SSSR count). The number of hydrogen-bond donors (Lipinski definition) is 0. The number of rotatable bonds is 5. The summed E-state index contributed by atoms with van der Waals surface area (Å²) in [5.74, 6) is -0.180. The van der Waals surface area contributed by atoms with Crippen molar-refractivity contribution >= 4 is 5.97 Å². The molecule has 13 heavy (non-hydrogen) atoms. The van der Waals surface area contributed by atoms with Gasteiger partial charge in [-0.05, 0) is 20.3 Å². The molecule has 0 aromatic heterocycles. The zero-order chi connectivity index (χ0) is 10.5. The van der Waals surface area contributed by atoms with Gasteiger partial charge in [0.15, 0.2) is 0 Å². The summed E-state index contributed by atoms with van der Waals surface area (Å²) in [4.78, 5) is 11.4. The van der Waals surface area contributed by atoms with E-state index in [0.717, 1.165) is 6.42 Å². The lowest BCUT2D eigenvalue weighted by atomic mass is 10.1. The minimum Gasteiger partial charge on any atom is -0.457 e. The van der Waals surface area contributed by atoms with Gasteiger partial charge in [0.05, 0.1) is 12.5 Å². The molecule has 0 spiro atoms. The van der Waals surface area contributed by atoms with Gasteiger partial charge in [-0.3, -0.25) is 4.79 Å². The zero-order valence-corrected chi connectivity index (χ0v) is 9.22. The van der Waals surface area contributed by atoms with E-state index in [1.165, 1.54) is 0 Å². The Kier molecular flexibility index (Phi) is 4.99. The molecule has 0 aliphatic carbocycles. The van der Waals surface area contributed by atoms with Gasteiger partial charge in [-0.2, -0.15) is 0 Å². The Bertz CT molecular complexity index is 164. The van der Waals surface area contributed by atoms with Crippen molar-refractivity contribution in [2.75, 3.05) is 13.7 Å². The highest BCUT2D eigenvalue weighted by Crippen LogP contribution is 2.14. The molecule has 0 bridgehead atoms. The molecule has 0 aromatic carbocycles. The molecular formula is C10H20O3. The summed E-state index contributed by atoms with van der Waals surface area (Å²) in [6.07, 6.45) is 0.807. The number of carbonyl (C=O) groups is 1. The summed E-state index contributed by atoms with van der Waals surface area (Å²) < 4.78 is 10.2. The molecular weight excluding hydrogens is 168 g/mol. The van der Waals surface area contributed by atoms with Crippen LogP contribution in [0.5, 0.6) is 0 Å². The summed E-state index contributed by atoms with van der Waals surface area (Å²) in [7, 11) is 1.60. The van der Waals surface area contributed by atoms with Crippen molar-refractivity contribution in [1.29, 1.82) is 0 Å². The van der Waals surface area contributed by atoms with Gasteiger partial charge in [0, 0.05) is 7.11 Å². The predicted molar refractivity (Wildman–Crippen MR) is 51.5 cm³/mol. The fraction of sp³-hybridized carbons (Fsp3) is 0.900. The monoisotopic (exact) mass is 188 g/mol. The fourth-order valence-corrected chi connectivity index (χ4v) is 0.917. The third-order valence-electron chi connectivity index (χ3n) is 1.88. The van der Waals surface area contributed by atoms with Crippen LogP contribution in [0.1, 0.15) is 34.1 Å². The molecule has 0 aliphatic rings. The van der Waals surface area contributed by atoms with E-state index in [1.54, 1.807) is 7.11 Å². The van der Waals surface area contributed by atoms with E-state index in [0.29, 0.717) is 6.61 Å². The second-order valence-corrected chi connectivity index (χ2v) is 3.92. The van der Waals surface area contributed by atoms with E-state index in [4.69, 9.17) is 9.47 Å². The van der Waals surface area contributed by atoms with E-state index < -0.39 is 5.60 Å². The van der Waals surface area contributed by atoms with Crippen molar-refractivity contribution in [3.05, 3.63) is 0 Å². The van der Waals surface area contributed by atoms with Crippen LogP contribution in [0.2, 0.25) is 0 Å². The highest BCUT2D eigenvalue weighted by Gasteiger charge is 2.24. The minimum atomic E-state index is -0.519. The SMILES string of the molecule is CCC(C)C(=O)OC(C)(C)COC. The van der Waals surface area contributed by atoms with Gasteiger partial charge in [0.25, 0.3) is 0 Å². The second kappa shape index (κ2) is 5.22. The molecule has 0 aliphatic heterocycles. The summed E-state index contributed by atoms with van der Waals surface area (Å²) in [6.45, 7) is 7.95. The summed E-state index contributed by atoms with van der Waals surface area (Å²) in [5.41, 5.74) is -0.519. The molecule has 0 amide bonds. The van der Waals surface area contributed by atoms with Crippen LogP contribution < -0.4 is 0 Å². The first-order chi connectivity index (χ1) is 5.93. The smallest absolute Gasteiger partial charge is 0.309 e. The molecule has 0 N–H and O–H groups in total. The van der Waals surface area contributed by atoms with Crippen molar-refractivity contribution in [1.82, 2.24) is 0 Å². The van der Waals surface area contributed by atoms with Gasteiger partial charge in [0.1, 0.15) is 5.60 Å². The third-order valence-corrected chi connectivity index (χ3v) is 1.88. The van der Waals surface area contributed by atoms with Crippen LogP contribution >= 0.6 is 0 Å². The lowest BCUT2D eigenvalue weighted by Crippen LogP contribution is -2.34. The van der Waals surface area contributed by atoms with E-state index in [-0.39, 0.29) is 11.9 Å².